The largest absolute Gasteiger partial charge is 0.343 e. The highest BCUT2D eigenvalue weighted by Crippen LogP contribution is 2.16. The Balaban J connectivity index is 1.95. The monoisotopic (exact) mass is 253 g/mol. The van der Waals surface area contributed by atoms with E-state index in [2.05, 4.69) is 15.3 Å². The van der Waals surface area contributed by atoms with Crippen LogP contribution in [-0.2, 0) is 6.54 Å². The maximum absolute atomic E-state index is 11.6. The Morgan fingerprint density at radius 2 is 2.31 bits per heavy atom. The van der Waals surface area contributed by atoms with Crippen molar-refractivity contribution in [2.45, 2.75) is 20.4 Å². The number of carbonyl (C=O) groups is 1. The molecule has 2 heterocycles. The Morgan fingerprint density at radius 3 is 2.88 bits per heavy atom. The van der Waals surface area contributed by atoms with Gasteiger partial charge in [-0.2, -0.15) is 0 Å². The molecule has 1 N–H and O–H groups in total. The third-order valence-electron chi connectivity index (χ3n) is 2.10. The molecular formula is C10H11N3OS2. The van der Waals surface area contributed by atoms with Gasteiger partial charge in [0.2, 0.25) is 0 Å². The second-order valence-electron chi connectivity index (χ2n) is 3.27. The summed E-state index contributed by atoms with van der Waals surface area (Å²) in [6, 6.07) is 0. The summed E-state index contributed by atoms with van der Waals surface area (Å²) in [5, 5.41) is 6.00. The first kappa shape index (κ1) is 11.2. The second kappa shape index (κ2) is 4.71. The summed E-state index contributed by atoms with van der Waals surface area (Å²) in [7, 11) is 0. The Morgan fingerprint density at radius 1 is 1.50 bits per heavy atom. The molecule has 84 valence electrons. The van der Waals surface area contributed by atoms with Gasteiger partial charge < -0.3 is 5.32 Å². The first-order valence-corrected chi connectivity index (χ1v) is 6.47. The number of nitrogens with zero attached hydrogens (tertiary/aromatic N) is 2. The molecule has 0 fully saturated rings. The van der Waals surface area contributed by atoms with E-state index in [0.717, 1.165) is 10.7 Å². The summed E-state index contributed by atoms with van der Waals surface area (Å²) in [6.45, 7) is 4.47. The predicted molar refractivity (Wildman–Crippen MR) is 64.9 cm³/mol. The fraction of sp³-hybridized carbons (Fsp3) is 0.300. The third-order valence-corrected chi connectivity index (χ3v) is 3.94. The van der Waals surface area contributed by atoms with Crippen LogP contribution in [0, 0.1) is 13.8 Å². The number of nitrogens with one attached hydrogen (secondary N) is 1. The molecule has 0 aromatic carbocycles. The van der Waals surface area contributed by atoms with Gasteiger partial charge in [-0.15, -0.1) is 22.7 Å². The Bertz CT molecular complexity index is 471. The van der Waals surface area contributed by atoms with Gasteiger partial charge in [-0.3, -0.25) is 4.79 Å². The summed E-state index contributed by atoms with van der Waals surface area (Å²) in [5.41, 5.74) is 1.03. The van der Waals surface area contributed by atoms with Crippen LogP contribution >= 0.6 is 22.7 Å². The average Bonchev–Trinajstić information content (AvgIpc) is 2.86. The van der Waals surface area contributed by atoms with Crippen molar-refractivity contribution in [2.75, 3.05) is 0 Å². The van der Waals surface area contributed by atoms with E-state index in [1.54, 1.807) is 22.9 Å². The zero-order chi connectivity index (χ0) is 11.5. The fourth-order valence-electron chi connectivity index (χ4n) is 1.18. The molecule has 1 amide bonds. The number of amides is 1. The zero-order valence-electron chi connectivity index (χ0n) is 8.98. The van der Waals surface area contributed by atoms with Gasteiger partial charge in [0.25, 0.3) is 5.91 Å². The molecule has 0 aliphatic heterocycles. The van der Waals surface area contributed by atoms with Crippen molar-refractivity contribution in [1.29, 1.82) is 0 Å². The van der Waals surface area contributed by atoms with Gasteiger partial charge in [-0.05, 0) is 13.8 Å². The molecule has 0 bridgehead atoms. The van der Waals surface area contributed by atoms with E-state index in [0.29, 0.717) is 11.6 Å². The summed E-state index contributed by atoms with van der Waals surface area (Å²) < 4.78 is 0. The standard InChI is InChI=1S/C10H11N3OS2/c1-6-7(2)16-8(13-6)5-12-9(14)10-11-3-4-15-10/h3-4H,5H2,1-2H3,(H,12,14). The van der Waals surface area contributed by atoms with Crippen molar-refractivity contribution in [3.63, 3.8) is 0 Å². The van der Waals surface area contributed by atoms with Gasteiger partial charge in [0, 0.05) is 16.5 Å². The Hall–Kier alpha value is -1.27. The molecule has 0 aliphatic carbocycles. The van der Waals surface area contributed by atoms with Crippen LogP contribution in [0.25, 0.3) is 0 Å². The molecule has 16 heavy (non-hydrogen) atoms. The maximum atomic E-state index is 11.6. The van der Waals surface area contributed by atoms with E-state index in [9.17, 15) is 4.79 Å². The molecule has 0 aliphatic rings. The normalized spacial score (nSPS) is 10.4. The topological polar surface area (TPSA) is 54.9 Å². The molecule has 2 aromatic heterocycles. The maximum Gasteiger partial charge on any atom is 0.280 e. The minimum absolute atomic E-state index is 0.138. The molecule has 0 atom stereocenters. The first-order chi connectivity index (χ1) is 7.66. The van der Waals surface area contributed by atoms with Gasteiger partial charge in [-0.25, -0.2) is 9.97 Å². The van der Waals surface area contributed by atoms with Crippen molar-refractivity contribution in [3.05, 3.63) is 32.2 Å². The second-order valence-corrected chi connectivity index (χ2v) is 5.45. The van der Waals surface area contributed by atoms with Gasteiger partial charge >= 0.3 is 0 Å². The lowest BCUT2D eigenvalue weighted by Crippen LogP contribution is -2.22. The third kappa shape index (κ3) is 2.45. The minimum Gasteiger partial charge on any atom is -0.343 e. The lowest BCUT2D eigenvalue weighted by Gasteiger charge is -1.98. The smallest absolute Gasteiger partial charge is 0.280 e. The number of carbonyl (C=O) groups excluding carboxylic acids is 1. The van der Waals surface area contributed by atoms with E-state index in [4.69, 9.17) is 0 Å². The van der Waals surface area contributed by atoms with E-state index in [-0.39, 0.29) is 5.91 Å². The molecule has 0 saturated heterocycles. The Labute approximate surface area is 101 Å². The number of hydrogen-bond acceptors (Lipinski definition) is 5. The van der Waals surface area contributed by atoms with Gasteiger partial charge in [0.1, 0.15) is 5.01 Å². The van der Waals surface area contributed by atoms with Gasteiger partial charge in [0.05, 0.1) is 12.2 Å². The lowest BCUT2D eigenvalue weighted by molar-refractivity contribution is 0.0950. The van der Waals surface area contributed by atoms with Crippen LogP contribution in [0.3, 0.4) is 0 Å². The van der Waals surface area contributed by atoms with E-state index in [1.165, 1.54) is 16.2 Å². The first-order valence-electron chi connectivity index (χ1n) is 4.77. The summed E-state index contributed by atoms with van der Waals surface area (Å²) in [6.07, 6.45) is 1.62. The van der Waals surface area contributed by atoms with Crippen molar-refractivity contribution in [3.8, 4) is 0 Å². The van der Waals surface area contributed by atoms with Crippen LogP contribution in [-0.4, -0.2) is 15.9 Å². The lowest BCUT2D eigenvalue weighted by atomic mass is 10.4. The molecule has 0 spiro atoms. The fourth-order valence-corrected chi connectivity index (χ4v) is 2.61. The SMILES string of the molecule is Cc1nc(CNC(=O)c2nccs2)sc1C. The van der Waals surface area contributed by atoms with Crippen LogP contribution in [0.1, 0.15) is 25.4 Å². The molecule has 6 heteroatoms. The van der Waals surface area contributed by atoms with Crippen molar-refractivity contribution in [1.82, 2.24) is 15.3 Å². The minimum atomic E-state index is -0.138. The van der Waals surface area contributed by atoms with Crippen molar-refractivity contribution in [2.24, 2.45) is 0 Å². The highest BCUT2D eigenvalue weighted by molar-refractivity contribution is 7.12. The highest BCUT2D eigenvalue weighted by Gasteiger charge is 2.09. The molecule has 0 radical (unpaired) electrons. The zero-order valence-corrected chi connectivity index (χ0v) is 10.6. The van der Waals surface area contributed by atoms with E-state index >= 15 is 0 Å². The van der Waals surface area contributed by atoms with Crippen LogP contribution in [0.2, 0.25) is 0 Å². The number of hydrogen-bond donors (Lipinski definition) is 1. The van der Waals surface area contributed by atoms with Gasteiger partial charge in [0.15, 0.2) is 5.01 Å². The Kier molecular flexibility index (Phi) is 3.31. The number of rotatable bonds is 3. The quantitative estimate of drug-likeness (QED) is 0.912. The summed E-state index contributed by atoms with van der Waals surface area (Å²) >= 11 is 2.95. The van der Waals surface area contributed by atoms with Crippen LogP contribution in [0.5, 0.6) is 0 Å². The molecule has 0 saturated carbocycles. The van der Waals surface area contributed by atoms with Crippen LogP contribution in [0.4, 0.5) is 0 Å². The number of aromatic nitrogens is 2. The van der Waals surface area contributed by atoms with E-state index < -0.39 is 0 Å². The number of thiazole rings is 2. The van der Waals surface area contributed by atoms with Crippen LogP contribution in [0.15, 0.2) is 11.6 Å². The van der Waals surface area contributed by atoms with Gasteiger partial charge in [-0.1, -0.05) is 0 Å². The predicted octanol–water partition coefficient (Wildman–Crippen LogP) is 2.15. The van der Waals surface area contributed by atoms with Crippen LogP contribution < -0.4 is 5.32 Å². The molecule has 0 unspecified atom stereocenters. The van der Waals surface area contributed by atoms with Crippen molar-refractivity contribution >= 4 is 28.6 Å². The van der Waals surface area contributed by atoms with Crippen molar-refractivity contribution < 1.29 is 4.79 Å². The van der Waals surface area contributed by atoms with E-state index in [1.807, 2.05) is 13.8 Å². The highest BCUT2D eigenvalue weighted by atomic mass is 32.1. The summed E-state index contributed by atoms with van der Waals surface area (Å²) in [5.74, 6) is -0.138. The molecule has 4 nitrogen and oxygen atoms in total. The molecule has 2 aromatic rings. The average molecular weight is 253 g/mol. The summed E-state index contributed by atoms with van der Waals surface area (Å²) in [4.78, 5) is 21.1. The molecular weight excluding hydrogens is 242 g/mol. The molecule has 2 rings (SSSR count). The number of aryl methyl sites for hydroxylation is 2.